The summed E-state index contributed by atoms with van der Waals surface area (Å²) in [5, 5.41) is 7.58. The summed E-state index contributed by atoms with van der Waals surface area (Å²) in [7, 11) is 0. The molecule has 0 spiro atoms. The lowest BCUT2D eigenvalue weighted by atomic mass is 10.5. The van der Waals surface area contributed by atoms with Crippen molar-refractivity contribution >= 4 is 0 Å². The Balaban J connectivity index is 0.000000461. The summed E-state index contributed by atoms with van der Waals surface area (Å²) in [5.41, 5.74) is 0. The van der Waals surface area contributed by atoms with Crippen molar-refractivity contribution < 1.29 is 4.42 Å². The molecule has 1 aromatic rings. The van der Waals surface area contributed by atoms with Crippen LogP contribution in [0.25, 0.3) is 0 Å². The van der Waals surface area contributed by atoms with Crippen molar-refractivity contribution in [1.82, 2.24) is 10.2 Å². The fraction of sp³-hybridized carbons (Fsp3) is 0.750. The molecule has 0 radical (unpaired) electrons. The van der Waals surface area contributed by atoms with Crippen LogP contribution in [0.5, 0.6) is 0 Å². The highest BCUT2D eigenvalue weighted by Crippen LogP contribution is 1.99. The first-order valence-corrected chi connectivity index (χ1v) is 4.18. The van der Waals surface area contributed by atoms with E-state index in [2.05, 4.69) is 10.2 Å². The van der Waals surface area contributed by atoms with Gasteiger partial charge in [-0.1, -0.05) is 27.7 Å². The summed E-state index contributed by atoms with van der Waals surface area (Å²) in [4.78, 5) is 0. The molecule has 0 saturated heterocycles. The Morgan fingerprint density at radius 1 is 1.00 bits per heavy atom. The first-order valence-electron chi connectivity index (χ1n) is 4.18. The molecule has 0 bridgehead atoms. The fourth-order valence-electron chi connectivity index (χ4n) is 0.574. The van der Waals surface area contributed by atoms with Crippen LogP contribution in [0.4, 0.5) is 0 Å². The zero-order chi connectivity index (χ0) is 8.69. The quantitative estimate of drug-likeness (QED) is 0.659. The topological polar surface area (TPSA) is 38.9 Å². The van der Waals surface area contributed by atoms with E-state index in [0.717, 1.165) is 24.6 Å². The van der Waals surface area contributed by atoms with Crippen molar-refractivity contribution in [2.24, 2.45) is 0 Å². The molecule has 1 rings (SSSR count). The summed E-state index contributed by atoms with van der Waals surface area (Å²) in [5.74, 6) is 1.46. The smallest absolute Gasteiger partial charge is 0.216 e. The molecule has 0 aliphatic carbocycles. The van der Waals surface area contributed by atoms with Gasteiger partial charge in [0.1, 0.15) is 0 Å². The van der Waals surface area contributed by atoms with E-state index in [0.29, 0.717) is 0 Å². The second-order valence-electron chi connectivity index (χ2n) is 1.80. The third kappa shape index (κ3) is 3.16. The van der Waals surface area contributed by atoms with Gasteiger partial charge in [-0.05, 0) is 0 Å². The average molecular weight is 156 g/mol. The average Bonchev–Trinajstić information content (AvgIpc) is 2.55. The Hall–Kier alpha value is -0.860. The summed E-state index contributed by atoms with van der Waals surface area (Å²) < 4.78 is 5.16. The van der Waals surface area contributed by atoms with Gasteiger partial charge in [0.25, 0.3) is 0 Å². The van der Waals surface area contributed by atoms with Crippen LogP contribution < -0.4 is 0 Å². The van der Waals surface area contributed by atoms with Gasteiger partial charge in [0.05, 0.1) is 0 Å². The predicted octanol–water partition coefficient (Wildman–Crippen LogP) is 2.22. The lowest BCUT2D eigenvalue weighted by Crippen LogP contribution is -1.77. The number of nitrogens with zero attached hydrogens (tertiary/aromatic N) is 2. The molecule has 0 atom stereocenters. The molecular formula is C8H16N2O. The molecule has 1 aromatic heterocycles. The van der Waals surface area contributed by atoms with Crippen LogP contribution in [-0.4, -0.2) is 10.2 Å². The van der Waals surface area contributed by atoms with Gasteiger partial charge in [-0.25, -0.2) is 0 Å². The van der Waals surface area contributed by atoms with Crippen molar-refractivity contribution in [1.29, 1.82) is 0 Å². The molecule has 3 heteroatoms. The number of hydrogen-bond acceptors (Lipinski definition) is 3. The van der Waals surface area contributed by atoms with Gasteiger partial charge in [0.15, 0.2) is 0 Å². The zero-order valence-electron chi connectivity index (χ0n) is 7.72. The van der Waals surface area contributed by atoms with Gasteiger partial charge < -0.3 is 4.42 Å². The van der Waals surface area contributed by atoms with E-state index < -0.39 is 0 Å². The Morgan fingerprint density at radius 2 is 1.36 bits per heavy atom. The molecule has 0 saturated carbocycles. The maximum atomic E-state index is 5.16. The largest absolute Gasteiger partial charge is 0.425 e. The first kappa shape index (κ1) is 10.1. The van der Waals surface area contributed by atoms with Crippen LogP contribution in [-0.2, 0) is 12.8 Å². The second-order valence-corrected chi connectivity index (χ2v) is 1.80. The summed E-state index contributed by atoms with van der Waals surface area (Å²) in [6.45, 7) is 7.99. The number of aryl methyl sites for hydroxylation is 2. The predicted molar refractivity (Wildman–Crippen MR) is 44.4 cm³/mol. The monoisotopic (exact) mass is 156 g/mol. The third-order valence-electron chi connectivity index (χ3n) is 1.11. The Bertz CT molecular complexity index is 165. The second kappa shape index (κ2) is 5.89. The molecule has 0 N–H and O–H groups in total. The van der Waals surface area contributed by atoms with Gasteiger partial charge in [-0.15, -0.1) is 10.2 Å². The number of rotatable bonds is 2. The highest BCUT2D eigenvalue weighted by Gasteiger charge is 1.98. The van der Waals surface area contributed by atoms with Crippen molar-refractivity contribution in [3.05, 3.63) is 11.8 Å². The first-order chi connectivity index (χ1) is 5.36. The molecular weight excluding hydrogens is 140 g/mol. The Morgan fingerprint density at radius 3 is 1.55 bits per heavy atom. The van der Waals surface area contributed by atoms with Crippen molar-refractivity contribution in [2.45, 2.75) is 40.5 Å². The van der Waals surface area contributed by atoms with E-state index in [-0.39, 0.29) is 0 Å². The van der Waals surface area contributed by atoms with E-state index in [1.807, 2.05) is 27.7 Å². The molecule has 0 amide bonds. The maximum Gasteiger partial charge on any atom is 0.216 e. The van der Waals surface area contributed by atoms with Crippen molar-refractivity contribution in [3.8, 4) is 0 Å². The van der Waals surface area contributed by atoms with Gasteiger partial charge in [-0.3, -0.25) is 0 Å². The molecule has 0 aliphatic rings. The van der Waals surface area contributed by atoms with Gasteiger partial charge >= 0.3 is 0 Å². The van der Waals surface area contributed by atoms with E-state index >= 15 is 0 Å². The van der Waals surface area contributed by atoms with Crippen LogP contribution >= 0.6 is 0 Å². The van der Waals surface area contributed by atoms with Crippen LogP contribution in [0.15, 0.2) is 4.42 Å². The van der Waals surface area contributed by atoms with Gasteiger partial charge in [0, 0.05) is 12.8 Å². The molecule has 0 fully saturated rings. The highest BCUT2D eigenvalue weighted by atomic mass is 16.4. The van der Waals surface area contributed by atoms with E-state index in [4.69, 9.17) is 4.42 Å². The minimum atomic E-state index is 0.729. The molecule has 0 aromatic carbocycles. The standard InChI is InChI=1S/C6H10N2O.C2H6/c1-3-5-7-8-6(4-2)9-5;1-2/h3-4H2,1-2H3;1-2H3. The van der Waals surface area contributed by atoms with Gasteiger partial charge in [0.2, 0.25) is 11.8 Å². The summed E-state index contributed by atoms with van der Waals surface area (Å²) in [6.07, 6.45) is 1.65. The van der Waals surface area contributed by atoms with E-state index in [1.165, 1.54) is 0 Å². The van der Waals surface area contributed by atoms with Crippen LogP contribution in [0, 0.1) is 0 Å². The highest BCUT2D eigenvalue weighted by molar-refractivity contribution is 4.79. The lowest BCUT2D eigenvalue weighted by Gasteiger charge is -1.81. The minimum Gasteiger partial charge on any atom is -0.425 e. The van der Waals surface area contributed by atoms with E-state index in [9.17, 15) is 0 Å². The summed E-state index contributed by atoms with van der Waals surface area (Å²) in [6, 6.07) is 0. The lowest BCUT2D eigenvalue weighted by molar-refractivity contribution is 0.458. The minimum absolute atomic E-state index is 0.729. The maximum absolute atomic E-state index is 5.16. The van der Waals surface area contributed by atoms with Gasteiger partial charge in [-0.2, -0.15) is 0 Å². The van der Waals surface area contributed by atoms with Crippen LogP contribution in [0.2, 0.25) is 0 Å². The SMILES string of the molecule is CC.CCc1nnc(CC)o1. The van der Waals surface area contributed by atoms with Crippen molar-refractivity contribution in [3.63, 3.8) is 0 Å². The van der Waals surface area contributed by atoms with Crippen LogP contribution in [0.3, 0.4) is 0 Å². The third-order valence-corrected chi connectivity index (χ3v) is 1.11. The normalized spacial score (nSPS) is 8.73. The number of aromatic nitrogens is 2. The van der Waals surface area contributed by atoms with E-state index in [1.54, 1.807) is 0 Å². The van der Waals surface area contributed by atoms with Crippen molar-refractivity contribution in [2.75, 3.05) is 0 Å². The van der Waals surface area contributed by atoms with Crippen LogP contribution in [0.1, 0.15) is 39.5 Å². The molecule has 0 unspecified atom stereocenters. The molecule has 3 nitrogen and oxygen atoms in total. The molecule has 64 valence electrons. The molecule has 11 heavy (non-hydrogen) atoms. The summed E-state index contributed by atoms with van der Waals surface area (Å²) >= 11 is 0. The fourth-order valence-corrected chi connectivity index (χ4v) is 0.574. The Labute approximate surface area is 67.8 Å². The number of hydrogen-bond donors (Lipinski definition) is 0. The molecule has 0 aliphatic heterocycles. The zero-order valence-corrected chi connectivity index (χ0v) is 7.72. The Kier molecular flexibility index (Phi) is 5.43. The molecule has 1 heterocycles.